The molecule has 0 radical (unpaired) electrons. The standard InChI is InChI=1S/C22H22N8O3/c1-13-8-16(15-4-6-23-21(27-15)25-14-11-24-30(3)12-14)26-17(9-13)18-10-19(33-28-18)22(32)5-7-29(2)20(22)31/h4,6,8-12,32H,5,7H2,1-3H3,(H,23,25,27). The van der Waals surface area contributed by atoms with Gasteiger partial charge in [-0.3, -0.25) is 9.48 Å². The number of pyridine rings is 1. The number of likely N-dealkylation sites (tertiary alicyclic amines) is 1. The highest BCUT2D eigenvalue weighted by Crippen LogP contribution is 2.35. The molecule has 1 fully saturated rings. The third-order valence-corrected chi connectivity index (χ3v) is 5.54. The first-order chi connectivity index (χ1) is 15.8. The second-order valence-electron chi connectivity index (χ2n) is 8.12. The Morgan fingerprint density at radius 1 is 1.12 bits per heavy atom. The second-order valence-corrected chi connectivity index (χ2v) is 8.12. The zero-order valence-corrected chi connectivity index (χ0v) is 18.3. The molecule has 4 aromatic heterocycles. The molecular weight excluding hydrogens is 424 g/mol. The highest BCUT2D eigenvalue weighted by molar-refractivity contribution is 5.87. The first kappa shape index (κ1) is 20.8. The zero-order valence-electron chi connectivity index (χ0n) is 18.3. The SMILES string of the molecule is Cc1cc(-c2cc(C3(O)CCN(C)C3=O)on2)nc(-c2ccnc(Nc3cnn(C)c3)n2)c1. The number of nitrogens with zero attached hydrogens (tertiary/aromatic N) is 7. The second kappa shape index (κ2) is 7.78. The number of aryl methyl sites for hydroxylation is 2. The van der Waals surface area contributed by atoms with E-state index in [1.54, 1.807) is 36.3 Å². The predicted molar refractivity (Wildman–Crippen MR) is 118 cm³/mol. The van der Waals surface area contributed by atoms with E-state index in [4.69, 9.17) is 4.52 Å². The number of carbonyl (C=O) groups excluding carboxylic acids is 1. The summed E-state index contributed by atoms with van der Waals surface area (Å²) >= 11 is 0. The van der Waals surface area contributed by atoms with Gasteiger partial charge in [-0.1, -0.05) is 5.16 Å². The van der Waals surface area contributed by atoms with Crippen molar-refractivity contribution in [1.82, 2.24) is 34.8 Å². The number of hydrogen-bond donors (Lipinski definition) is 2. The number of anilines is 2. The van der Waals surface area contributed by atoms with Gasteiger partial charge in [0.25, 0.3) is 5.91 Å². The van der Waals surface area contributed by atoms with Gasteiger partial charge in [-0.05, 0) is 30.7 Å². The van der Waals surface area contributed by atoms with E-state index in [0.29, 0.717) is 35.3 Å². The number of amides is 1. The van der Waals surface area contributed by atoms with Crippen LogP contribution in [-0.2, 0) is 17.4 Å². The molecule has 0 aromatic carbocycles. The minimum atomic E-state index is -1.70. The van der Waals surface area contributed by atoms with E-state index in [2.05, 4.69) is 30.5 Å². The summed E-state index contributed by atoms with van der Waals surface area (Å²) in [6, 6.07) is 7.10. The molecule has 168 valence electrons. The maximum atomic E-state index is 12.4. The zero-order chi connectivity index (χ0) is 23.2. The van der Waals surface area contributed by atoms with Gasteiger partial charge >= 0.3 is 0 Å². The number of aromatic nitrogens is 6. The summed E-state index contributed by atoms with van der Waals surface area (Å²) in [6.45, 7) is 2.38. The molecule has 1 amide bonds. The van der Waals surface area contributed by atoms with Gasteiger partial charge in [-0.25, -0.2) is 15.0 Å². The van der Waals surface area contributed by atoms with Gasteiger partial charge in [0.05, 0.1) is 29.0 Å². The number of nitrogens with one attached hydrogen (secondary N) is 1. The van der Waals surface area contributed by atoms with Crippen molar-refractivity contribution >= 4 is 17.5 Å². The number of carbonyl (C=O) groups is 1. The summed E-state index contributed by atoms with van der Waals surface area (Å²) in [5.41, 5.74) is 2.23. The smallest absolute Gasteiger partial charge is 0.262 e. The monoisotopic (exact) mass is 446 g/mol. The van der Waals surface area contributed by atoms with Crippen LogP contribution >= 0.6 is 0 Å². The van der Waals surface area contributed by atoms with Crippen LogP contribution < -0.4 is 5.32 Å². The number of likely N-dealkylation sites (N-methyl/N-ethyl adjacent to an activating group) is 1. The Bertz CT molecular complexity index is 1350. The molecule has 1 aliphatic rings. The van der Waals surface area contributed by atoms with Gasteiger partial charge in [-0.2, -0.15) is 5.10 Å². The molecule has 0 saturated carbocycles. The Hall–Kier alpha value is -4.12. The van der Waals surface area contributed by atoms with E-state index in [9.17, 15) is 9.90 Å². The van der Waals surface area contributed by atoms with Crippen LogP contribution in [0, 0.1) is 6.92 Å². The van der Waals surface area contributed by atoms with Crippen molar-refractivity contribution in [2.24, 2.45) is 7.05 Å². The molecule has 11 heteroatoms. The first-order valence-corrected chi connectivity index (χ1v) is 10.3. The van der Waals surface area contributed by atoms with Crippen LogP contribution in [0.5, 0.6) is 0 Å². The van der Waals surface area contributed by atoms with E-state index in [1.165, 1.54) is 4.90 Å². The highest BCUT2D eigenvalue weighted by atomic mass is 16.5. The fourth-order valence-electron chi connectivity index (χ4n) is 3.78. The van der Waals surface area contributed by atoms with E-state index >= 15 is 0 Å². The van der Waals surface area contributed by atoms with Crippen molar-refractivity contribution in [3.05, 3.63) is 54.2 Å². The van der Waals surface area contributed by atoms with Crippen molar-refractivity contribution in [2.45, 2.75) is 18.9 Å². The largest absolute Gasteiger partial charge is 0.373 e. The van der Waals surface area contributed by atoms with E-state index < -0.39 is 11.5 Å². The topological polar surface area (TPSA) is 135 Å². The van der Waals surface area contributed by atoms with Gasteiger partial charge in [-0.15, -0.1) is 0 Å². The quantitative estimate of drug-likeness (QED) is 0.472. The Kier molecular flexibility index (Phi) is 4.90. The van der Waals surface area contributed by atoms with Crippen LogP contribution in [0.1, 0.15) is 17.7 Å². The maximum Gasteiger partial charge on any atom is 0.262 e. The lowest BCUT2D eigenvalue weighted by atomic mass is 9.98. The van der Waals surface area contributed by atoms with Crippen LogP contribution in [0.3, 0.4) is 0 Å². The third kappa shape index (κ3) is 3.82. The highest BCUT2D eigenvalue weighted by Gasteiger charge is 2.48. The predicted octanol–water partition coefficient (Wildman–Crippen LogP) is 2.03. The van der Waals surface area contributed by atoms with Crippen molar-refractivity contribution < 1.29 is 14.4 Å². The van der Waals surface area contributed by atoms with Crippen LogP contribution in [-0.4, -0.2) is 59.4 Å². The fourth-order valence-corrected chi connectivity index (χ4v) is 3.78. The number of aliphatic hydroxyl groups is 1. The lowest BCUT2D eigenvalue weighted by molar-refractivity contribution is -0.144. The molecule has 1 saturated heterocycles. The minimum Gasteiger partial charge on any atom is -0.373 e. The van der Waals surface area contributed by atoms with Crippen molar-refractivity contribution in [1.29, 1.82) is 0 Å². The van der Waals surface area contributed by atoms with Crippen molar-refractivity contribution in [3.8, 4) is 22.8 Å². The lowest BCUT2D eigenvalue weighted by Crippen LogP contribution is -2.35. The molecule has 5 rings (SSSR count). The van der Waals surface area contributed by atoms with Gasteiger partial charge < -0.3 is 19.8 Å². The molecular formula is C22H22N8O3. The maximum absolute atomic E-state index is 12.4. The van der Waals surface area contributed by atoms with Crippen LogP contribution in [0.15, 0.2) is 47.4 Å². The molecule has 5 heterocycles. The van der Waals surface area contributed by atoms with Crippen molar-refractivity contribution in [2.75, 3.05) is 18.9 Å². The third-order valence-electron chi connectivity index (χ3n) is 5.54. The average Bonchev–Trinajstić information content (AvgIpc) is 3.51. The molecule has 4 aromatic rings. The minimum absolute atomic E-state index is 0.113. The summed E-state index contributed by atoms with van der Waals surface area (Å²) in [7, 11) is 3.47. The Labute approximate surface area is 189 Å². The van der Waals surface area contributed by atoms with Crippen LogP contribution in [0.2, 0.25) is 0 Å². The molecule has 1 unspecified atom stereocenters. The summed E-state index contributed by atoms with van der Waals surface area (Å²) in [5, 5.41) is 22.1. The Morgan fingerprint density at radius 3 is 2.61 bits per heavy atom. The molecule has 0 spiro atoms. The fraction of sp³-hybridized carbons (Fsp3) is 0.273. The summed E-state index contributed by atoms with van der Waals surface area (Å²) < 4.78 is 7.05. The van der Waals surface area contributed by atoms with Gasteiger partial charge in [0, 0.05) is 45.5 Å². The van der Waals surface area contributed by atoms with Gasteiger partial charge in [0.2, 0.25) is 11.5 Å². The van der Waals surface area contributed by atoms with Crippen molar-refractivity contribution in [3.63, 3.8) is 0 Å². The van der Waals surface area contributed by atoms with E-state index in [-0.39, 0.29) is 12.2 Å². The summed E-state index contributed by atoms with van der Waals surface area (Å²) in [5.74, 6) is 0.125. The average molecular weight is 446 g/mol. The van der Waals surface area contributed by atoms with Gasteiger partial charge in [0.1, 0.15) is 5.69 Å². The molecule has 1 aliphatic heterocycles. The normalized spacial score (nSPS) is 18.2. The summed E-state index contributed by atoms with van der Waals surface area (Å²) in [4.78, 5) is 27.4. The molecule has 1 atom stereocenters. The van der Waals surface area contributed by atoms with E-state index in [0.717, 1.165) is 11.3 Å². The molecule has 11 nitrogen and oxygen atoms in total. The Morgan fingerprint density at radius 2 is 1.91 bits per heavy atom. The summed E-state index contributed by atoms with van der Waals surface area (Å²) in [6.07, 6.45) is 5.40. The first-order valence-electron chi connectivity index (χ1n) is 10.3. The Balaban J connectivity index is 1.46. The molecule has 0 bridgehead atoms. The molecule has 2 N–H and O–H groups in total. The van der Waals surface area contributed by atoms with Crippen LogP contribution in [0.4, 0.5) is 11.6 Å². The molecule has 33 heavy (non-hydrogen) atoms. The number of hydrogen-bond acceptors (Lipinski definition) is 9. The van der Waals surface area contributed by atoms with E-state index in [1.807, 2.05) is 32.3 Å². The lowest BCUT2D eigenvalue weighted by Gasteiger charge is -2.16. The van der Waals surface area contributed by atoms with Crippen LogP contribution in [0.25, 0.3) is 22.8 Å². The number of rotatable bonds is 5. The van der Waals surface area contributed by atoms with Gasteiger partial charge in [0.15, 0.2) is 5.76 Å². The molecule has 0 aliphatic carbocycles.